The Morgan fingerprint density at radius 3 is 2.91 bits per heavy atom. The quantitative estimate of drug-likeness (QED) is 0.302. The minimum atomic E-state index is -0.105. The summed E-state index contributed by atoms with van der Waals surface area (Å²) in [5, 5.41) is 3.24. The van der Waals surface area contributed by atoms with Gasteiger partial charge >= 0.3 is 0 Å². The molecule has 1 amide bonds. The molecule has 0 spiro atoms. The number of pyridine rings is 1. The Hall–Kier alpha value is -2.97. The first-order valence-corrected chi connectivity index (χ1v) is 12.9. The van der Waals surface area contributed by atoms with E-state index in [0.717, 1.165) is 24.9 Å². The van der Waals surface area contributed by atoms with Crippen LogP contribution in [0.3, 0.4) is 0 Å². The molecular weight excluding hydrogens is 452 g/mol. The van der Waals surface area contributed by atoms with Crippen LogP contribution in [0.1, 0.15) is 35.4 Å². The number of rotatable bonds is 6. The van der Waals surface area contributed by atoms with E-state index in [1.807, 2.05) is 35.2 Å². The molecule has 168 valence electrons. The number of aromatic nitrogens is 3. The van der Waals surface area contributed by atoms with Crippen LogP contribution in [0.2, 0.25) is 0 Å². The summed E-state index contributed by atoms with van der Waals surface area (Å²) in [6.45, 7) is 3.22. The van der Waals surface area contributed by atoms with Gasteiger partial charge in [-0.1, -0.05) is 36.9 Å². The highest BCUT2D eigenvalue weighted by molar-refractivity contribution is 7.99. The Morgan fingerprint density at radius 2 is 2.09 bits per heavy atom. The Morgan fingerprint density at radius 1 is 1.21 bits per heavy atom. The molecule has 0 saturated heterocycles. The summed E-state index contributed by atoms with van der Waals surface area (Å²) in [4.78, 5) is 38.9. The van der Waals surface area contributed by atoms with E-state index in [1.54, 1.807) is 34.4 Å². The monoisotopic (exact) mass is 476 g/mol. The molecule has 1 atom stereocenters. The summed E-state index contributed by atoms with van der Waals surface area (Å²) < 4.78 is 1.65. The number of thioether (sulfide) groups is 1. The SMILES string of the molecule is CCC1c2ccsc2CCN1C(=O)CSc1nc2ccccc2c(=O)n1Cc1cccnc1. The van der Waals surface area contributed by atoms with E-state index < -0.39 is 0 Å². The molecule has 1 aliphatic heterocycles. The summed E-state index contributed by atoms with van der Waals surface area (Å²) in [7, 11) is 0. The van der Waals surface area contributed by atoms with Gasteiger partial charge in [-0.25, -0.2) is 4.98 Å². The predicted molar refractivity (Wildman–Crippen MR) is 133 cm³/mol. The number of thiophene rings is 1. The number of hydrogen-bond acceptors (Lipinski definition) is 6. The number of hydrogen-bond donors (Lipinski definition) is 0. The molecule has 0 fully saturated rings. The highest BCUT2D eigenvalue weighted by Crippen LogP contribution is 2.35. The van der Waals surface area contributed by atoms with Crippen molar-refractivity contribution in [1.82, 2.24) is 19.4 Å². The van der Waals surface area contributed by atoms with Gasteiger partial charge in [0.05, 0.1) is 29.2 Å². The molecule has 5 rings (SSSR count). The van der Waals surface area contributed by atoms with E-state index in [-0.39, 0.29) is 23.3 Å². The zero-order valence-electron chi connectivity index (χ0n) is 18.3. The van der Waals surface area contributed by atoms with Gasteiger partial charge in [-0.3, -0.25) is 19.1 Å². The van der Waals surface area contributed by atoms with Crippen molar-refractivity contribution in [3.8, 4) is 0 Å². The van der Waals surface area contributed by atoms with Gasteiger partial charge in [0.15, 0.2) is 5.16 Å². The van der Waals surface area contributed by atoms with E-state index in [1.165, 1.54) is 22.2 Å². The molecule has 33 heavy (non-hydrogen) atoms. The lowest BCUT2D eigenvalue weighted by atomic mass is 9.98. The Balaban J connectivity index is 1.43. The minimum absolute atomic E-state index is 0.0824. The largest absolute Gasteiger partial charge is 0.335 e. The number of benzene rings is 1. The zero-order chi connectivity index (χ0) is 22.8. The molecule has 0 saturated carbocycles. The van der Waals surface area contributed by atoms with Gasteiger partial charge in [0.2, 0.25) is 5.91 Å². The highest BCUT2D eigenvalue weighted by atomic mass is 32.2. The van der Waals surface area contributed by atoms with Crippen LogP contribution in [0.25, 0.3) is 10.9 Å². The zero-order valence-corrected chi connectivity index (χ0v) is 19.9. The average Bonchev–Trinajstić information content (AvgIpc) is 3.33. The van der Waals surface area contributed by atoms with Crippen molar-refractivity contribution in [2.45, 2.75) is 37.5 Å². The van der Waals surface area contributed by atoms with Crippen molar-refractivity contribution in [3.05, 3.63) is 86.6 Å². The van der Waals surface area contributed by atoms with E-state index in [4.69, 9.17) is 4.98 Å². The van der Waals surface area contributed by atoms with Crippen molar-refractivity contribution >= 4 is 39.9 Å². The lowest BCUT2D eigenvalue weighted by molar-refractivity contribution is -0.131. The molecule has 3 aromatic heterocycles. The molecule has 4 heterocycles. The van der Waals surface area contributed by atoms with Gasteiger partial charge in [0.25, 0.3) is 5.56 Å². The molecule has 0 bridgehead atoms. The first kappa shape index (κ1) is 21.9. The lowest BCUT2D eigenvalue weighted by Crippen LogP contribution is -2.40. The third kappa shape index (κ3) is 4.32. The number of fused-ring (bicyclic) bond motifs is 2. The predicted octanol–water partition coefficient (Wildman–Crippen LogP) is 4.53. The fourth-order valence-corrected chi connectivity index (χ4v) is 6.23. The van der Waals surface area contributed by atoms with Crippen molar-refractivity contribution in [2.75, 3.05) is 12.3 Å². The molecule has 4 aromatic rings. The van der Waals surface area contributed by atoms with Gasteiger partial charge < -0.3 is 4.90 Å². The van der Waals surface area contributed by atoms with E-state index in [2.05, 4.69) is 23.4 Å². The lowest BCUT2D eigenvalue weighted by Gasteiger charge is -2.35. The van der Waals surface area contributed by atoms with Gasteiger partial charge in [0.1, 0.15) is 0 Å². The van der Waals surface area contributed by atoms with Crippen molar-refractivity contribution in [2.24, 2.45) is 0 Å². The van der Waals surface area contributed by atoms with Crippen LogP contribution < -0.4 is 5.56 Å². The first-order valence-electron chi connectivity index (χ1n) is 11.0. The van der Waals surface area contributed by atoms with Crippen LogP contribution >= 0.6 is 23.1 Å². The van der Waals surface area contributed by atoms with Crippen LogP contribution in [0, 0.1) is 0 Å². The smallest absolute Gasteiger partial charge is 0.262 e. The van der Waals surface area contributed by atoms with Crippen molar-refractivity contribution in [3.63, 3.8) is 0 Å². The van der Waals surface area contributed by atoms with Gasteiger partial charge in [0, 0.05) is 23.8 Å². The second-order valence-corrected chi connectivity index (χ2v) is 9.96. The standard InChI is InChI=1S/C25H24N4O2S2/c1-2-21-19-10-13-32-22(19)9-12-28(21)23(30)16-33-25-27-20-8-4-3-7-18(20)24(31)29(25)15-17-6-5-11-26-14-17/h3-8,10-11,13-14,21H,2,9,12,15-16H2,1H3. The molecular formula is C25H24N4O2S2. The van der Waals surface area contributed by atoms with Crippen LogP contribution in [-0.4, -0.2) is 37.6 Å². The Kier molecular flexibility index (Phi) is 6.28. The van der Waals surface area contributed by atoms with E-state index in [0.29, 0.717) is 22.6 Å². The second kappa shape index (κ2) is 9.49. The summed E-state index contributed by atoms with van der Waals surface area (Å²) in [5.74, 6) is 0.326. The van der Waals surface area contributed by atoms with E-state index >= 15 is 0 Å². The fourth-order valence-electron chi connectivity index (χ4n) is 4.42. The average molecular weight is 477 g/mol. The van der Waals surface area contributed by atoms with E-state index in [9.17, 15) is 9.59 Å². The summed E-state index contributed by atoms with van der Waals surface area (Å²) in [6.07, 6.45) is 5.25. The van der Waals surface area contributed by atoms with Crippen LogP contribution in [0.4, 0.5) is 0 Å². The van der Waals surface area contributed by atoms with Crippen LogP contribution in [0.15, 0.2) is 70.2 Å². The number of amides is 1. The molecule has 0 N–H and O–H groups in total. The van der Waals surface area contributed by atoms with Gasteiger partial charge in [-0.2, -0.15) is 0 Å². The molecule has 0 aliphatic carbocycles. The molecule has 1 unspecified atom stereocenters. The van der Waals surface area contributed by atoms with Gasteiger partial charge in [-0.15, -0.1) is 11.3 Å². The number of carbonyl (C=O) groups excluding carboxylic acids is 1. The summed E-state index contributed by atoms with van der Waals surface area (Å²) in [6, 6.07) is 13.4. The normalized spacial score (nSPS) is 15.5. The number of para-hydroxylation sites is 1. The van der Waals surface area contributed by atoms with Crippen LogP contribution in [0.5, 0.6) is 0 Å². The second-order valence-electron chi connectivity index (χ2n) is 8.01. The molecule has 6 nitrogen and oxygen atoms in total. The maximum absolute atomic E-state index is 13.3. The molecule has 1 aromatic carbocycles. The number of carbonyl (C=O) groups is 1. The number of nitrogens with zero attached hydrogens (tertiary/aromatic N) is 4. The maximum Gasteiger partial charge on any atom is 0.262 e. The first-order chi connectivity index (χ1) is 16.2. The molecule has 0 radical (unpaired) electrons. The highest BCUT2D eigenvalue weighted by Gasteiger charge is 2.30. The Bertz CT molecular complexity index is 1350. The topological polar surface area (TPSA) is 68.1 Å². The van der Waals surface area contributed by atoms with Crippen molar-refractivity contribution in [1.29, 1.82) is 0 Å². The van der Waals surface area contributed by atoms with Crippen LogP contribution in [-0.2, 0) is 17.8 Å². The van der Waals surface area contributed by atoms with Crippen molar-refractivity contribution < 1.29 is 4.79 Å². The molecule has 1 aliphatic rings. The minimum Gasteiger partial charge on any atom is -0.335 e. The third-order valence-electron chi connectivity index (χ3n) is 6.02. The molecule has 8 heteroatoms. The summed E-state index contributed by atoms with van der Waals surface area (Å²) in [5.41, 5.74) is 2.74. The fraction of sp³-hybridized carbons (Fsp3) is 0.280. The van der Waals surface area contributed by atoms with Gasteiger partial charge in [-0.05, 0) is 53.6 Å². The summed E-state index contributed by atoms with van der Waals surface area (Å²) >= 11 is 3.11. The Labute approximate surface area is 200 Å². The maximum atomic E-state index is 13.3. The third-order valence-corrected chi connectivity index (χ3v) is 7.97.